The number of nitrogens with two attached hydrogens (primary N) is 1. The number of aromatic hydroxyl groups is 1. The van der Waals surface area contributed by atoms with E-state index >= 15 is 0 Å². The lowest BCUT2D eigenvalue weighted by molar-refractivity contribution is -0.340. The fourth-order valence-corrected chi connectivity index (χ4v) is 10.3. The highest BCUT2D eigenvalue weighted by molar-refractivity contribution is 8.76. The maximum absolute atomic E-state index is 13.3. The molecular formula is C44H47N3O12S2. The first-order valence-corrected chi connectivity index (χ1v) is 22.1. The molecule has 3 aromatic carbocycles. The number of nitrogens with one attached hydrogen (secondary N) is 1. The van der Waals surface area contributed by atoms with Crippen LogP contribution in [-0.4, -0.2) is 117 Å². The second-order valence-corrected chi connectivity index (χ2v) is 17.7. The molecule has 7 rings (SSSR count). The van der Waals surface area contributed by atoms with Crippen molar-refractivity contribution in [2.45, 2.75) is 49.1 Å². The number of benzene rings is 3. The Kier molecular flexibility index (Phi) is 13.6. The Morgan fingerprint density at radius 2 is 1.87 bits per heavy atom. The Hall–Kier alpha value is -5.14. The van der Waals surface area contributed by atoms with Crippen molar-refractivity contribution in [3.8, 4) is 17.2 Å². The average molecular weight is 874 g/mol. The van der Waals surface area contributed by atoms with Crippen LogP contribution in [0.3, 0.4) is 0 Å². The number of aliphatic hydroxyl groups is 3. The highest BCUT2D eigenvalue weighted by atomic mass is 33.1. The topological polar surface area (TPSA) is 240 Å². The van der Waals surface area contributed by atoms with Gasteiger partial charge in [-0.3, -0.25) is 14.6 Å². The monoisotopic (exact) mass is 873 g/mol. The summed E-state index contributed by atoms with van der Waals surface area (Å²) in [6.45, 7) is 2.56. The highest BCUT2D eigenvalue weighted by Crippen LogP contribution is 2.46. The number of aliphatic carboxylic acids is 1. The van der Waals surface area contributed by atoms with Crippen LogP contribution in [0, 0.1) is 17.8 Å². The van der Waals surface area contributed by atoms with Crippen molar-refractivity contribution in [1.29, 1.82) is 0 Å². The molecule has 322 valence electrons. The lowest BCUT2D eigenvalue weighted by Crippen LogP contribution is -2.80. The summed E-state index contributed by atoms with van der Waals surface area (Å²) in [6, 6.07) is 19.7. The number of primary amides is 1. The zero-order valence-electron chi connectivity index (χ0n) is 33.0. The van der Waals surface area contributed by atoms with Gasteiger partial charge in [0.25, 0.3) is 5.91 Å². The molecule has 0 bridgehead atoms. The number of carbonyl (C=O) groups excluding carboxylic acids is 2. The molecule has 2 fully saturated rings. The number of aliphatic hydroxyl groups excluding tert-OH is 2. The third-order valence-corrected chi connectivity index (χ3v) is 13.6. The van der Waals surface area contributed by atoms with Crippen LogP contribution >= 0.6 is 21.6 Å². The van der Waals surface area contributed by atoms with Crippen molar-refractivity contribution in [3.05, 3.63) is 107 Å². The van der Waals surface area contributed by atoms with E-state index in [-0.39, 0.29) is 64.1 Å². The fraction of sp³-hybridized carbons (Fsp3) is 0.364. The summed E-state index contributed by atoms with van der Waals surface area (Å²) in [6.07, 6.45) is 1.39. The second-order valence-electron chi connectivity index (χ2n) is 15.3. The third kappa shape index (κ3) is 8.95. The van der Waals surface area contributed by atoms with Crippen molar-refractivity contribution < 1.29 is 58.9 Å². The van der Waals surface area contributed by atoms with E-state index in [0.29, 0.717) is 24.4 Å². The van der Waals surface area contributed by atoms with Gasteiger partial charge in [0.15, 0.2) is 23.6 Å². The molecule has 0 aliphatic carbocycles. The third-order valence-electron chi connectivity index (χ3n) is 11.5. The molecule has 3 aromatic rings. The van der Waals surface area contributed by atoms with Gasteiger partial charge in [0.05, 0.1) is 17.7 Å². The summed E-state index contributed by atoms with van der Waals surface area (Å²) in [5, 5.41) is 59.2. The Labute approximate surface area is 359 Å². The largest absolute Gasteiger partial charge is 0.508 e. The van der Waals surface area contributed by atoms with Gasteiger partial charge < -0.3 is 55.5 Å². The molecule has 2 saturated heterocycles. The number of carboxylic acid groups (broad SMARTS) is 1. The van der Waals surface area contributed by atoms with Crippen molar-refractivity contribution in [2.24, 2.45) is 28.5 Å². The van der Waals surface area contributed by atoms with E-state index in [0.717, 1.165) is 17.6 Å². The van der Waals surface area contributed by atoms with E-state index < -0.39 is 54.2 Å². The van der Waals surface area contributed by atoms with Crippen LogP contribution in [0.25, 0.3) is 17.4 Å². The van der Waals surface area contributed by atoms with Crippen LogP contribution in [0.1, 0.15) is 30.0 Å². The molecule has 0 spiro atoms. The first kappa shape index (κ1) is 43.9. The maximum atomic E-state index is 13.3. The molecule has 15 nitrogen and oxygen atoms in total. The molecule has 17 heteroatoms. The molecular weight excluding hydrogens is 827 g/mol. The fourth-order valence-electron chi connectivity index (χ4n) is 8.21. The number of fused-ring (bicyclic) bond motifs is 2. The van der Waals surface area contributed by atoms with Gasteiger partial charge in [-0.15, -0.1) is 0 Å². The van der Waals surface area contributed by atoms with Crippen LogP contribution < -0.4 is 20.5 Å². The van der Waals surface area contributed by atoms with Crippen LogP contribution in [0.4, 0.5) is 0 Å². The Bertz CT molecular complexity index is 2220. The van der Waals surface area contributed by atoms with E-state index in [9.17, 15) is 39.9 Å². The van der Waals surface area contributed by atoms with Crippen LogP contribution in [0.5, 0.6) is 17.2 Å². The number of β-amino-alcohol motifs (C(OH)–C–C–N with tert-alkyl or cyclic N) is 1. The first-order valence-electron chi connectivity index (χ1n) is 19.6. The number of ether oxygens (including phenoxy) is 4. The second kappa shape index (κ2) is 18.9. The SMILES string of the molecule is C[C@H](C/C=C/c1ccccc1)[C@@H]1CNC[C@]2(O)[C@H](Oc3ccc4c(c3)OC(C(N)=O)C(c3ccc(O)cc3)=C4O)O[C@H](C(=O)O)[C@@H](O)[C@]2(C=O)OCSSC[C@@H]1C1=CCN=C1. The first-order chi connectivity index (χ1) is 29.4. The van der Waals surface area contributed by atoms with E-state index in [2.05, 4.69) is 35.5 Å². The number of phenolic OH excluding ortho intramolecular Hbond substituents is 1. The van der Waals surface area contributed by atoms with Crippen LogP contribution in [0.15, 0.2) is 95.5 Å². The molecule has 4 heterocycles. The number of phenols is 1. The van der Waals surface area contributed by atoms with Crippen molar-refractivity contribution in [1.82, 2.24) is 5.32 Å². The van der Waals surface area contributed by atoms with Gasteiger partial charge in [-0.25, -0.2) is 4.79 Å². The number of aldehydes is 1. The minimum absolute atomic E-state index is 0.0256. The zero-order valence-corrected chi connectivity index (χ0v) is 34.7. The number of hydrogen-bond acceptors (Lipinski definition) is 15. The Morgan fingerprint density at radius 1 is 1.10 bits per heavy atom. The average Bonchev–Trinajstić information content (AvgIpc) is 3.78. The quantitative estimate of drug-likeness (QED) is 0.105. The predicted molar refractivity (Wildman–Crippen MR) is 231 cm³/mol. The molecule has 9 atom stereocenters. The lowest BCUT2D eigenvalue weighted by Gasteiger charge is -2.53. The zero-order chi connectivity index (χ0) is 43.3. The summed E-state index contributed by atoms with van der Waals surface area (Å²) in [7, 11) is 2.73. The molecule has 0 saturated carbocycles. The van der Waals surface area contributed by atoms with E-state index in [1.807, 2.05) is 36.5 Å². The summed E-state index contributed by atoms with van der Waals surface area (Å²) in [5.74, 6) is -2.62. The van der Waals surface area contributed by atoms with E-state index in [4.69, 9.17) is 24.7 Å². The molecule has 4 aliphatic heterocycles. The molecule has 61 heavy (non-hydrogen) atoms. The summed E-state index contributed by atoms with van der Waals surface area (Å²) in [5.41, 5.74) is 3.26. The normalized spacial score (nSPS) is 29.9. The standard InChI is InChI=1S/C44H47N3O12S2/c1-25(6-5-9-26-7-3-2-4-8-26)32-20-47-22-43(55)42(59-38(41(53)54)39(51)44(43,23-48)56-24-61-60-21-33(32)28-16-17-46-19-28)57-30-14-15-31-34(18-30)58-37(40(45)52)35(36(31)50)27-10-12-29(49)13-11-27/h2-5,7-16,18-19,23,25,32-33,37-39,42,47,49-51,55H,6,17,20-22,24H2,1H3,(H2,45,52)(H,53,54)/b9-5+/t25-,32+,33-,37?,38+,39-,42-,43+,44+/m1/s1. The maximum Gasteiger partial charge on any atom is 0.335 e. The number of amides is 1. The molecule has 1 amide bonds. The van der Waals surface area contributed by atoms with Crippen molar-refractivity contribution in [3.63, 3.8) is 0 Å². The van der Waals surface area contributed by atoms with Gasteiger partial charge in [-0.1, -0.05) is 89.2 Å². The number of nitrogens with zero attached hydrogens (tertiary/aromatic N) is 1. The van der Waals surface area contributed by atoms with Gasteiger partial charge in [0.2, 0.25) is 12.4 Å². The number of allylic oxidation sites excluding steroid dienone is 2. The highest BCUT2D eigenvalue weighted by Gasteiger charge is 2.69. The number of rotatable bonds is 11. The van der Waals surface area contributed by atoms with Crippen molar-refractivity contribution >= 4 is 63.4 Å². The van der Waals surface area contributed by atoms with Gasteiger partial charge in [0, 0.05) is 24.6 Å². The van der Waals surface area contributed by atoms with Crippen LogP contribution in [-0.2, 0) is 23.9 Å². The van der Waals surface area contributed by atoms with Crippen LogP contribution in [0.2, 0.25) is 0 Å². The Balaban J connectivity index is 1.22. The summed E-state index contributed by atoms with van der Waals surface area (Å²) >= 11 is 0. The number of hydrogen-bond donors (Lipinski definition) is 7. The summed E-state index contributed by atoms with van der Waals surface area (Å²) < 4.78 is 24.1. The smallest absolute Gasteiger partial charge is 0.335 e. The molecule has 0 aromatic heterocycles. The molecule has 4 aliphatic rings. The molecule has 1 unspecified atom stereocenters. The minimum Gasteiger partial charge on any atom is -0.508 e. The van der Waals surface area contributed by atoms with Crippen molar-refractivity contribution in [2.75, 3.05) is 31.3 Å². The van der Waals surface area contributed by atoms with E-state index in [1.54, 1.807) is 0 Å². The summed E-state index contributed by atoms with van der Waals surface area (Å²) in [4.78, 5) is 43.0. The minimum atomic E-state index is -2.58. The van der Waals surface area contributed by atoms with E-state index in [1.165, 1.54) is 64.1 Å². The van der Waals surface area contributed by atoms with Gasteiger partial charge in [-0.05, 0) is 71.7 Å². The predicted octanol–water partition coefficient (Wildman–Crippen LogP) is 4.22. The molecule has 0 radical (unpaired) electrons. The van der Waals surface area contributed by atoms with Gasteiger partial charge in [-0.2, -0.15) is 0 Å². The van der Waals surface area contributed by atoms with Gasteiger partial charge >= 0.3 is 5.97 Å². The lowest BCUT2D eigenvalue weighted by atomic mass is 9.73. The number of carboxylic acids is 1. The van der Waals surface area contributed by atoms with Gasteiger partial charge in [0.1, 0.15) is 35.1 Å². The number of aliphatic imine (C=N–C) groups is 1. The Morgan fingerprint density at radius 3 is 2.56 bits per heavy atom. The molecule has 8 N–H and O–H groups in total. The number of carbonyl (C=O) groups is 3.